The van der Waals surface area contributed by atoms with Gasteiger partial charge in [0.2, 0.25) is 0 Å². The van der Waals surface area contributed by atoms with E-state index in [1.807, 2.05) is 28.9 Å². The fourth-order valence-electron chi connectivity index (χ4n) is 3.05. The van der Waals surface area contributed by atoms with E-state index in [1.54, 1.807) is 0 Å². The number of imidazole rings is 1. The molecule has 2 aromatic carbocycles. The van der Waals surface area contributed by atoms with Gasteiger partial charge in [0.15, 0.2) is 5.65 Å². The molecule has 25 heavy (non-hydrogen) atoms. The summed E-state index contributed by atoms with van der Waals surface area (Å²) in [5.41, 5.74) is 2.92. The average Bonchev–Trinajstić information content (AvgIpc) is 3.08. The van der Waals surface area contributed by atoms with Crippen molar-refractivity contribution in [3.8, 4) is 11.3 Å². The molecule has 4 aromatic rings. The zero-order valence-corrected chi connectivity index (χ0v) is 13.9. The Bertz CT molecular complexity index is 1000. The lowest BCUT2D eigenvalue weighted by Gasteiger charge is -2.08. The number of nitrogens with zero attached hydrogens (tertiary/aromatic N) is 3. The van der Waals surface area contributed by atoms with Gasteiger partial charge in [0.05, 0.1) is 11.9 Å². The van der Waals surface area contributed by atoms with Crippen molar-refractivity contribution < 1.29 is 5.11 Å². The molecule has 0 radical (unpaired) electrons. The lowest BCUT2D eigenvalue weighted by molar-refractivity contribution is 0.286. The molecular formula is C20H20N4O. The van der Waals surface area contributed by atoms with Gasteiger partial charge in [-0.05, 0) is 35.7 Å². The zero-order valence-electron chi connectivity index (χ0n) is 13.9. The van der Waals surface area contributed by atoms with E-state index in [2.05, 4.69) is 46.7 Å². The Morgan fingerprint density at radius 1 is 0.960 bits per heavy atom. The first-order valence-electron chi connectivity index (χ1n) is 8.54. The molecule has 0 atom stereocenters. The first-order chi connectivity index (χ1) is 12.4. The normalized spacial score (nSPS) is 11.2. The number of benzene rings is 2. The fourth-order valence-corrected chi connectivity index (χ4v) is 3.05. The Balaban J connectivity index is 1.74. The Morgan fingerprint density at radius 2 is 1.84 bits per heavy atom. The molecule has 0 amide bonds. The first kappa shape index (κ1) is 15.6. The highest BCUT2D eigenvalue weighted by Gasteiger charge is 2.10. The number of anilines is 1. The van der Waals surface area contributed by atoms with Gasteiger partial charge in [0.1, 0.15) is 5.82 Å². The van der Waals surface area contributed by atoms with Crippen LogP contribution in [0.25, 0.3) is 27.7 Å². The van der Waals surface area contributed by atoms with E-state index >= 15 is 0 Å². The van der Waals surface area contributed by atoms with Crippen molar-refractivity contribution in [1.29, 1.82) is 0 Å². The minimum absolute atomic E-state index is 0.223. The summed E-state index contributed by atoms with van der Waals surface area (Å²) in [7, 11) is 0. The van der Waals surface area contributed by atoms with E-state index in [9.17, 15) is 0 Å². The molecule has 0 aliphatic carbocycles. The van der Waals surface area contributed by atoms with E-state index in [4.69, 9.17) is 10.2 Å². The molecule has 5 heteroatoms. The third-order valence-electron chi connectivity index (χ3n) is 4.32. The highest BCUT2D eigenvalue weighted by Crippen LogP contribution is 2.28. The van der Waals surface area contributed by atoms with Crippen LogP contribution in [-0.4, -0.2) is 32.9 Å². The number of hydrogen-bond acceptors (Lipinski definition) is 4. The van der Waals surface area contributed by atoms with Crippen LogP contribution in [-0.2, 0) is 0 Å². The molecule has 0 bridgehead atoms. The molecule has 2 N–H and O–H groups in total. The van der Waals surface area contributed by atoms with Gasteiger partial charge < -0.3 is 10.4 Å². The monoisotopic (exact) mass is 332 g/mol. The molecule has 0 fully saturated rings. The van der Waals surface area contributed by atoms with Crippen molar-refractivity contribution >= 4 is 22.2 Å². The summed E-state index contributed by atoms with van der Waals surface area (Å²) in [6.45, 7) is 1.01. The summed E-state index contributed by atoms with van der Waals surface area (Å²) in [6.07, 6.45) is 3.58. The minimum Gasteiger partial charge on any atom is -0.396 e. The third-order valence-corrected chi connectivity index (χ3v) is 4.32. The SMILES string of the molecule is OCCCCNc1ccc2ncc(-c3cccc4ccccc34)n2n1. The molecule has 0 saturated heterocycles. The van der Waals surface area contributed by atoms with E-state index in [1.165, 1.54) is 10.8 Å². The number of hydrogen-bond donors (Lipinski definition) is 2. The van der Waals surface area contributed by atoms with E-state index in [0.717, 1.165) is 42.1 Å². The molecule has 0 aliphatic heterocycles. The second-order valence-corrected chi connectivity index (χ2v) is 6.02. The number of rotatable bonds is 6. The van der Waals surface area contributed by atoms with Crippen molar-refractivity contribution in [3.05, 3.63) is 60.8 Å². The van der Waals surface area contributed by atoms with Crippen LogP contribution >= 0.6 is 0 Å². The van der Waals surface area contributed by atoms with Crippen LogP contribution in [0.1, 0.15) is 12.8 Å². The second-order valence-electron chi connectivity index (χ2n) is 6.02. The van der Waals surface area contributed by atoms with E-state index in [-0.39, 0.29) is 6.61 Å². The van der Waals surface area contributed by atoms with Crippen LogP contribution in [0.4, 0.5) is 5.82 Å². The van der Waals surface area contributed by atoms with Gasteiger partial charge in [-0.2, -0.15) is 0 Å². The van der Waals surface area contributed by atoms with Gasteiger partial charge >= 0.3 is 0 Å². The Kier molecular flexibility index (Phi) is 4.31. The largest absolute Gasteiger partial charge is 0.396 e. The van der Waals surface area contributed by atoms with Crippen LogP contribution in [0, 0.1) is 0 Å². The topological polar surface area (TPSA) is 62.5 Å². The highest BCUT2D eigenvalue weighted by atomic mass is 16.2. The van der Waals surface area contributed by atoms with Crippen LogP contribution in [0.2, 0.25) is 0 Å². The Hall–Kier alpha value is -2.92. The number of aromatic nitrogens is 3. The summed E-state index contributed by atoms with van der Waals surface area (Å²) in [6, 6.07) is 18.5. The van der Waals surface area contributed by atoms with Crippen LogP contribution in [0.3, 0.4) is 0 Å². The maximum Gasteiger partial charge on any atom is 0.154 e. The van der Waals surface area contributed by atoms with Gasteiger partial charge in [-0.1, -0.05) is 42.5 Å². The smallest absolute Gasteiger partial charge is 0.154 e. The average molecular weight is 332 g/mol. The van der Waals surface area contributed by atoms with Crippen LogP contribution in [0.5, 0.6) is 0 Å². The molecule has 2 heterocycles. The third kappa shape index (κ3) is 3.06. The van der Waals surface area contributed by atoms with Crippen molar-refractivity contribution in [2.24, 2.45) is 0 Å². The predicted molar refractivity (Wildman–Crippen MR) is 101 cm³/mol. The fraction of sp³-hybridized carbons (Fsp3) is 0.200. The number of nitrogens with one attached hydrogen (secondary N) is 1. The molecule has 0 saturated carbocycles. The molecule has 0 unspecified atom stereocenters. The summed E-state index contributed by atoms with van der Waals surface area (Å²) < 4.78 is 1.89. The lowest BCUT2D eigenvalue weighted by Crippen LogP contribution is -2.06. The quantitative estimate of drug-likeness (QED) is 0.528. The maximum atomic E-state index is 8.87. The van der Waals surface area contributed by atoms with Crippen LogP contribution in [0.15, 0.2) is 60.8 Å². The molecular weight excluding hydrogens is 312 g/mol. The van der Waals surface area contributed by atoms with Crippen molar-refractivity contribution in [1.82, 2.24) is 14.6 Å². The second kappa shape index (κ2) is 6.91. The molecule has 0 aliphatic rings. The number of aliphatic hydroxyl groups excluding tert-OH is 1. The standard InChI is InChI=1S/C20H20N4O/c25-13-4-3-12-21-19-10-11-20-22-14-18(24(20)23-19)17-9-5-7-15-6-1-2-8-16(15)17/h1-2,5-11,14,25H,3-4,12-13H2,(H,21,23). The Morgan fingerprint density at radius 3 is 2.76 bits per heavy atom. The van der Waals surface area contributed by atoms with Gasteiger partial charge in [0, 0.05) is 18.7 Å². The van der Waals surface area contributed by atoms with Gasteiger partial charge in [0.25, 0.3) is 0 Å². The maximum absolute atomic E-state index is 8.87. The number of fused-ring (bicyclic) bond motifs is 2. The number of aliphatic hydroxyl groups is 1. The number of unbranched alkanes of at least 4 members (excludes halogenated alkanes) is 1. The summed E-state index contributed by atoms with van der Waals surface area (Å²) in [5, 5.41) is 19.3. The molecule has 0 spiro atoms. The van der Waals surface area contributed by atoms with Gasteiger partial charge in [-0.3, -0.25) is 0 Å². The molecule has 2 aromatic heterocycles. The van der Waals surface area contributed by atoms with E-state index in [0.29, 0.717) is 0 Å². The predicted octanol–water partition coefficient (Wildman–Crippen LogP) is 3.73. The summed E-state index contributed by atoms with van der Waals surface area (Å²) in [5.74, 6) is 0.810. The van der Waals surface area contributed by atoms with Crippen molar-refractivity contribution in [2.45, 2.75) is 12.8 Å². The molecule has 126 valence electrons. The zero-order chi connectivity index (χ0) is 17.1. The first-order valence-corrected chi connectivity index (χ1v) is 8.54. The van der Waals surface area contributed by atoms with Gasteiger partial charge in [-0.25, -0.2) is 9.50 Å². The van der Waals surface area contributed by atoms with Crippen molar-refractivity contribution in [3.63, 3.8) is 0 Å². The molecule has 4 rings (SSSR count). The van der Waals surface area contributed by atoms with Gasteiger partial charge in [-0.15, -0.1) is 5.10 Å². The highest BCUT2D eigenvalue weighted by molar-refractivity contribution is 5.96. The van der Waals surface area contributed by atoms with Crippen molar-refractivity contribution in [2.75, 3.05) is 18.5 Å². The molecule has 5 nitrogen and oxygen atoms in total. The minimum atomic E-state index is 0.223. The lowest BCUT2D eigenvalue weighted by atomic mass is 10.0. The summed E-state index contributed by atoms with van der Waals surface area (Å²) >= 11 is 0. The van der Waals surface area contributed by atoms with Crippen LogP contribution < -0.4 is 5.32 Å². The Labute approximate surface area is 145 Å². The van der Waals surface area contributed by atoms with E-state index < -0.39 is 0 Å². The summed E-state index contributed by atoms with van der Waals surface area (Å²) in [4.78, 5) is 4.49.